The van der Waals surface area contributed by atoms with E-state index >= 15 is 0 Å². The van der Waals surface area contributed by atoms with E-state index < -0.39 is 23.8 Å². The van der Waals surface area contributed by atoms with Crippen LogP contribution < -0.4 is 0 Å². The van der Waals surface area contributed by atoms with Crippen LogP contribution in [0.5, 0.6) is 0 Å². The van der Waals surface area contributed by atoms with E-state index in [1.807, 2.05) is 0 Å². The second-order valence-electron chi connectivity index (χ2n) is 4.85. The summed E-state index contributed by atoms with van der Waals surface area (Å²) in [5.74, 6) is 0. The Morgan fingerprint density at radius 1 is 1.00 bits per heavy atom. The summed E-state index contributed by atoms with van der Waals surface area (Å²) in [5.41, 5.74) is -1.14. The smallest absolute Gasteiger partial charge is 0.335 e. The largest absolute Gasteiger partial charge is 0.569 e. The topological polar surface area (TPSA) is 83.8 Å². The number of hydrogen-bond acceptors (Lipinski definition) is 5. The van der Waals surface area contributed by atoms with Gasteiger partial charge in [-0.05, 0) is 19.3 Å². The SMILES string of the molecule is CC(C)(F)CO.O=S=O.[CH2-]C.[CH2-]O.[CH2-]OCC(C)(C)C.[Y].[Y].[Y]. The molecule has 0 aromatic heterocycles. The maximum absolute atomic E-state index is 11.9. The van der Waals surface area contributed by atoms with Crippen molar-refractivity contribution in [2.75, 3.05) is 13.2 Å². The zero-order chi connectivity index (χ0) is 17.8. The Morgan fingerprint density at radius 3 is 1.17 bits per heavy atom. The molecule has 23 heavy (non-hydrogen) atoms. The Kier molecular flexibility index (Phi) is 86.9. The van der Waals surface area contributed by atoms with E-state index in [9.17, 15) is 4.39 Å². The number of aliphatic hydroxyl groups excluding tert-OH is 2. The van der Waals surface area contributed by atoms with Gasteiger partial charge in [-0.1, -0.05) is 20.8 Å². The summed E-state index contributed by atoms with van der Waals surface area (Å²) in [6.07, 6.45) is 0. The van der Waals surface area contributed by atoms with E-state index in [0.717, 1.165) is 6.61 Å². The molecule has 5 nitrogen and oxygen atoms in total. The van der Waals surface area contributed by atoms with Gasteiger partial charge < -0.3 is 21.9 Å². The van der Waals surface area contributed by atoms with Crippen molar-refractivity contribution in [1.82, 2.24) is 0 Å². The molecule has 0 unspecified atom stereocenters. The molecule has 3 radical (unpaired) electrons. The van der Waals surface area contributed by atoms with Crippen molar-refractivity contribution in [3.05, 3.63) is 21.1 Å². The molecule has 137 valence electrons. The molecule has 0 saturated heterocycles. The minimum Gasteiger partial charge on any atom is -0.569 e. The van der Waals surface area contributed by atoms with Crippen molar-refractivity contribution in [3.63, 3.8) is 0 Å². The third-order valence-corrected chi connectivity index (χ3v) is 0.911. The molecule has 10 heteroatoms. The van der Waals surface area contributed by atoms with E-state index in [0.29, 0.717) is 0 Å². The van der Waals surface area contributed by atoms with Crippen LogP contribution in [0.1, 0.15) is 41.5 Å². The Balaban J connectivity index is -0.0000000216. The van der Waals surface area contributed by atoms with Crippen LogP contribution in [0.3, 0.4) is 0 Å². The molecule has 0 aliphatic carbocycles. The van der Waals surface area contributed by atoms with Gasteiger partial charge >= 0.3 is 11.6 Å². The summed E-state index contributed by atoms with van der Waals surface area (Å²) >= 11 is -0.750. The Morgan fingerprint density at radius 2 is 1.17 bits per heavy atom. The number of ether oxygens (including phenoxy) is 1. The zero-order valence-corrected chi connectivity index (χ0v) is 24.5. The van der Waals surface area contributed by atoms with Gasteiger partial charge in [-0.3, -0.25) is 0 Å². The fourth-order valence-electron chi connectivity index (χ4n) is 0.306. The van der Waals surface area contributed by atoms with E-state index in [4.69, 9.17) is 18.6 Å². The third kappa shape index (κ3) is 133. The number of hydrogen-bond donors (Lipinski definition) is 2. The van der Waals surface area contributed by atoms with Crippen molar-refractivity contribution < 1.29 is 126 Å². The average Bonchev–Trinajstić information content (AvgIpc) is 2.33. The van der Waals surface area contributed by atoms with Crippen LogP contribution in [0.25, 0.3) is 0 Å². The van der Waals surface area contributed by atoms with E-state index in [1.165, 1.54) is 13.8 Å². The van der Waals surface area contributed by atoms with Crippen LogP contribution in [0.2, 0.25) is 0 Å². The molecule has 0 atom stereocenters. The zero-order valence-electron chi connectivity index (χ0n) is 15.2. The molecule has 0 bridgehead atoms. The van der Waals surface area contributed by atoms with E-state index in [1.54, 1.807) is 6.92 Å². The number of alkyl halides is 1. The predicted molar refractivity (Wildman–Crippen MR) is 80.3 cm³/mol. The molecule has 2 N–H and O–H groups in total. The van der Waals surface area contributed by atoms with Crippen LogP contribution in [-0.4, -0.2) is 37.5 Å². The quantitative estimate of drug-likeness (QED) is 0.489. The van der Waals surface area contributed by atoms with Crippen molar-refractivity contribution in [2.45, 2.75) is 47.2 Å². The Labute approximate surface area is 221 Å². The van der Waals surface area contributed by atoms with Crippen LogP contribution in [-0.2, 0) is 114 Å². The first kappa shape index (κ1) is 50.1. The second-order valence-corrected chi connectivity index (χ2v) is 4.99. The van der Waals surface area contributed by atoms with E-state index in [-0.39, 0.29) is 104 Å². The van der Waals surface area contributed by atoms with Gasteiger partial charge in [0.25, 0.3) is 0 Å². The van der Waals surface area contributed by atoms with Crippen molar-refractivity contribution >= 4 is 11.6 Å². The molecule has 0 rings (SSSR count). The van der Waals surface area contributed by atoms with Gasteiger partial charge in [0.05, 0.1) is 6.61 Å². The summed E-state index contributed by atoms with van der Waals surface area (Å²) in [7, 11) is 5.52. The van der Waals surface area contributed by atoms with Gasteiger partial charge in [-0.2, -0.15) is 15.3 Å². The van der Waals surface area contributed by atoms with Crippen molar-refractivity contribution in [1.29, 1.82) is 0 Å². The second kappa shape index (κ2) is 39.8. The average molecular weight is 584 g/mol. The fourth-order valence-corrected chi connectivity index (χ4v) is 0.306. The minimum atomic E-state index is -1.40. The maximum atomic E-state index is 11.9. The normalized spacial score (nSPS) is 7.83. The van der Waals surface area contributed by atoms with Gasteiger partial charge in [0.1, 0.15) is 5.67 Å². The van der Waals surface area contributed by atoms with Gasteiger partial charge in [-0.25, -0.2) is 18.6 Å². The standard InChI is InChI=1S/C6H13O.C4H9FO.C2H5.CH3O.O2S.3Y/c1-6(2,3)5-7-4;1-4(2,5)3-6;2*1-2;1-3-2;;;/h4-5H2,1-3H3;6H,3H2,1-2H3;1H2,2H3;2H,1H2;;;;/q-1;;2*-1;;;;. The predicted octanol–water partition coefficient (Wildman–Crippen LogP) is 2.88. The molecular weight excluding hydrogens is 554 g/mol. The number of aliphatic hydroxyl groups is 2. The first-order valence-electron chi connectivity index (χ1n) is 5.65. The first-order chi connectivity index (χ1) is 9.04. The van der Waals surface area contributed by atoms with Crippen LogP contribution >= 0.6 is 0 Å². The molecule has 0 aromatic carbocycles. The summed E-state index contributed by atoms with van der Waals surface area (Å²) in [6.45, 7) is 14.3. The molecule has 0 fully saturated rings. The van der Waals surface area contributed by atoms with E-state index in [2.05, 4.69) is 46.7 Å². The number of rotatable bonds is 2. The molecule has 0 heterocycles. The summed E-state index contributed by atoms with van der Waals surface area (Å²) in [6, 6.07) is 0. The molecular formula is C13H30FO5SY3-3. The molecule has 0 saturated carbocycles. The fraction of sp³-hybridized carbons (Fsp3) is 0.769. The van der Waals surface area contributed by atoms with Crippen molar-refractivity contribution in [2.24, 2.45) is 5.41 Å². The van der Waals surface area contributed by atoms with Gasteiger partial charge in [0.15, 0.2) is 0 Å². The van der Waals surface area contributed by atoms with Crippen molar-refractivity contribution in [3.8, 4) is 0 Å². The van der Waals surface area contributed by atoms with Crippen LogP contribution in [0.15, 0.2) is 0 Å². The van der Waals surface area contributed by atoms with Gasteiger partial charge in [0, 0.05) is 105 Å². The summed E-state index contributed by atoms with van der Waals surface area (Å²) in [4.78, 5) is 0. The Hall–Kier alpha value is 2.94. The first-order valence-corrected chi connectivity index (χ1v) is 6.31. The monoisotopic (exact) mass is 584 g/mol. The minimum absolute atomic E-state index is 0. The summed E-state index contributed by atoms with van der Waals surface area (Å²) in [5, 5.41) is 14.8. The van der Waals surface area contributed by atoms with Gasteiger partial charge in [-0.15, -0.1) is 0 Å². The molecule has 0 aliphatic rings. The molecule has 0 amide bonds. The molecule has 0 spiro atoms. The number of halogens is 1. The molecule has 0 aliphatic heterocycles. The maximum Gasteiger partial charge on any atom is 0.335 e. The summed E-state index contributed by atoms with van der Waals surface area (Å²) < 4.78 is 33.1. The third-order valence-electron chi connectivity index (χ3n) is 0.911. The van der Waals surface area contributed by atoms with Gasteiger partial charge in [0.2, 0.25) is 0 Å². The molecule has 0 aromatic rings. The van der Waals surface area contributed by atoms with Crippen LogP contribution in [0, 0.1) is 26.6 Å². The Bertz CT molecular complexity index is 195. The van der Waals surface area contributed by atoms with Crippen LogP contribution in [0.4, 0.5) is 4.39 Å².